The lowest BCUT2D eigenvalue weighted by Gasteiger charge is -2.16. The van der Waals surface area contributed by atoms with Crippen molar-refractivity contribution in [2.24, 2.45) is 0 Å². The highest BCUT2D eigenvalue weighted by Crippen LogP contribution is 2.31. The van der Waals surface area contributed by atoms with Crippen molar-refractivity contribution in [3.8, 4) is 0 Å². The first-order chi connectivity index (χ1) is 8.31. The van der Waals surface area contributed by atoms with Crippen LogP contribution in [0.4, 0.5) is 0 Å². The molecule has 0 fully saturated rings. The van der Waals surface area contributed by atoms with Gasteiger partial charge in [-0.25, -0.2) is 4.98 Å². The van der Waals surface area contributed by atoms with Crippen LogP contribution in [0.15, 0.2) is 46.7 Å². The summed E-state index contributed by atoms with van der Waals surface area (Å²) >= 11 is 1.67. The van der Waals surface area contributed by atoms with Crippen LogP contribution >= 0.6 is 11.8 Å². The molecule has 0 aliphatic carbocycles. The Balaban J connectivity index is 2.21. The molecule has 0 bridgehead atoms. The molecule has 4 heteroatoms. The lowest BCUT2D eigenvalue weighted by Crippen LogP contribution is -2.18. The number of hydrogen-bond donors (Lipinski definition) is 2. The Hall–Kier alpha value is -1.26. The SMILES string of the molecule is CCNC(C)c1ccccc1Sc1ncc[nH]1. The number of benzene rings is 1. The average Bonchev–Trinajstić information content (AvgIpc) is 2.83. The zero-order valence-corrected chi connectivity index (χ0v) is 10.9. The molecule has 90 valence electrons. The molecule has 17 heavy (non-hydrogen) atoms. The number of hydrogen-bond acceptors (Lipinski definition) is 3. The predicted octanol–water partition coefficient (Wildman–Crippen LogP) is 3.23. The van der Waals surface area contributed by atoms with Gasteiger partial charge < -0.3 is 10.3 Å². The largest absolute Gasteiger partial charge is 0.339 e. The molecule has 2 rings (SSSR count). The van der Waals surface area contributed by atoms with E-state index >= 15 is 0 Å². The zero-order valence-electron chi connectivity index (χ0n) is 10.1. The van der Waals surface area contributed by atoms with Crippen LogP contribution in [0.1, 0.15) is 25.5 Å². The molecular weight excluding hydrogens is 230 g/mol. The molecule has 0 amide bonds. The van der Waals surface area contributed by atoms with Crippen molar-refractivity contribution in [3.05, 3.63) is 42.2 Å². The summed E-state index contributed by atoms with van der Waals surface area (Å²) in [5.74, 6) is 0. The van der Waals surface area contributed by atoms with Crippen molar-refractivity contribution < 1.29 is 0 Å². The molecular formula is C13H17N3S. The normalized spacial score (nSPS) is 12.6. The Morgan fingerprint density at radius 3 is 2.94 bits per heavy atom. The minimum Gasteiger partial charge on any atom is -0.339 e. The third-order valence-electron chi connectivity index (χ3n) is 2.58. The molecule has 3 nitrogen and oxygen atoms in total. The van der Waals surface area contributed by atoms with Crippen molar-refractivity contribution in [2.75, 3.05) is 6.54 Å². The number of nitrogens with zero attached hydrogens (tertiary/aromatic N) is 1. The van der Waals surface area contributed by atoms with Gasteiger partial charge in [-0.2, -0.15) is 0 Å². The molecule has 0 radical (unpaired) electrons. The Labute approximate surface area is 106 Å². The van der Waals surface area contributed by atoms with Crippen LogP contribution in [0.5, 0.6) is 0 Å². The van der Waals surface area contributed by atoms with Crippen molar-refractivity contribution >= 4 is 11.8 Å². The van der Waals surface area contributed by atoms with Gasteiger partial charge in [0.25, 0.3) is 0 Å². The van der Waals surface area contributed by atoms with Crippen LogP contribution in [0.2, 0.25) is 0 Å². The van der Waals surface area contributed by atoms with Gasteiger partial charge in [0, 0.05) is 23.3 Å². The second-order valence-corrected chi connectivity index (χ2v) is 4.84. The van der Waals surface area contributed by atoms with E-state index in [9.17, 15) is 0 Å². The first-order valence-corrected chi connectivity index (χ1v) is 6.62. The maximum Gasteiger partial charge on any atom is 0.170 e. The quantitative estimate of drug-likeness (QED) is 0.852. The van der Waals surface area contributed by atoms with E-state index in [-0.39, 0.29) is 0 Å². The van der Waals surface area contributed by atoms with E-state index in [4.69, 9.17) is 0 Å². The molecule has 0 saturated heterocycles. The van der Waals surface area contributed by atoms with Crippen molar-refractivity contribution in [1.82, 2.24) is 15.3 Å². The molecule has 0 aliphatic heterocycles. The Kier molecular flexibility index (Phi) is 4.23. The number of rotatable bonds is 5. The minimum atomic E-state index is 0.360. The Morgan fingerprint density at radius 2 is 2.24 bits per heavy atom. The summed E-state index contributed by atoms with van der Waals surface area (Å²) in [6.45, 7) is 5.28. The summed E-state index contributed by atoms with van der Waals surface area (Å²) in [7, 11) is 0. The Morgan fingerprint density at radius 1 is 1.41 bits per heavy atom. The fourth-order valence-electron chi connectivity index (χ4n) is 1.76. The van der Waals surface area contributed by atoms with Gasteiger partial charge in [0.05, 0.1) is 0 Å². The van der Waals surface area contributed by atoms with Gasteiger partial charge in [0.2, 0.25) is 0 Å². The summed E-state index contributed by atoms with van der Waals surface area (Å²) in [5, 5.41) is 4.37. The van der Waals surface area contributed by atoms with Crippen LogP contribution in [-0.2, 0) is 0 Å². The molecule has 0 saturated carbocycles. The van der Waals surface area contributed by atoms with Crippen molar-refractivity contribution in [2.45, 2.75) is 29.9 Å². The van der Waals surface area contributed by atoms with E-state index < -0.39 is 0 Å². The van der Waals surface area contributed by atoms with Crippen molar-refractivity contribution in [3.63, 3.8) is 0 Å². The third-order valence-corrected chi connectivity index (χ3v) is 3.58. The van der Waals surface area contributed by atoms with E-state index in [1.807, 2.05) is 6.20 Å². The Bertz CT molecular complexity index is 453. The maximum absolute atomic E-state index is 4.24. The summed E-state index contributed by atoms with van der Waals surface area (Å²) in [6, 6.07) is 8.80. The van der Waals surface area contributed by atoms with Gasteiger partial charge in [-0.1, -0.05) is 36.9 Å². The first kappa shape index (κ1) is 12.2. The molecule has 1 aromatic carbocycles. The second kappa shape index (κ2) is 5.89. The summed E-state index contributed by atoms with van der Waals surface area (Å²) in [6.07, 6.45) is 3.62. The third kappa shape index (κ3) is 3.11. The number of H-pyrrole nitrogens is 1. The van der Waals surface area contributed by atoms with Gasteiger partial charge in [0.15, 0.2) is 5.16 Å². The molecule has 1 unspecified atom stereocenters. The smallest absolute Gasteiger partial charge is 0.170 e. The molecule has 0 aliphatic rings. The molecule has 1 aromatic heterocycles. The minimum absolute atomic E-state index is 0.360. The van der Waals surface area contributed by atoms with E-state index in [0.717, 1.165) is 11.7 Å². The molecule has 1 atom stereocenters. The van der Waals surface area contributed by atoms with Crippen LogP contribution in [0.3, 0.4) is 0 Å². The van der Waals surface area contributed by atoms with Gasteiger partial charge in [-0.3, -0.25) is 0 Å². The predicted molar refractivity (Wildman–Crippen MR) is 71.2 cm³/mol. The van der Waals surface area contributed by atoms with Crippen LogP contribution in [0, 0.1) is 0 Å². The van der Waals surface area contributed by atoms with Crippen molar-refractivity contribution in [1.29, 1.82) is 0 Å². The van der Waals surface area contributed by atoms with E-state index in [1.54, 1.807) is 18.0 Å². The lowest BCUT2D eigenvalue weighted by atomic mass is 10.1. The summed E-state index contributed by atoms with van der Waals surface area (Å²) in [5.41, 5.74) is 1.32. The highest BCUT2D eigenvalue weighted by atomic mass is 32.2. The van der Waals surface area contributed by atoms with E-state index in [2.05, 4.69) is 53.4 Å². The highest BCUT2D eigenvalue weighted by Gasteiger charge is 2.10. The number of aromatic nitrogens is 2. The van der Waals surface area contributed by atoms with Gasteiger partial charge in [0.1, 0.15) is 0 Å². The van der Waals surface area contributed by atoms with E-state index in [0.29, 0.717) is 6.04 Å². The zero-order chi connectivity index (χ0) is 12.1. The standard InChI is InChI=1S/C13H17N3S/c1-3-14-10(2)11-6-4-5-7-12(11)17-13-15-8-9-16-13/h4-10,14H,3H2,1-2H3,(H,15,16). The van der Waals surface area contributed by atoms with Gasteiger partial charge in [-0.15, -0.1) is 0 Å². The topological polar surface area (TPSA) is 40.7 Å². The van der Waals surface area contributed by atoms with Crippen LogP contribution < -0.4 is 5.32 Å². The fourth-order valence-corrected chi connectivity index (χ4v) is 2.72. The fraction of sp³-hybridized carbons (Fsp3) is 0.308. The number of nitrogens with one attached hydrogen (secondary N) is 2. The molecule has 2 aromatic rings. The molecule has 1 heterocycles. The second-order valence-electron chi connectivity index (χ2n) is 3.81. The number of imidazole rings is 1. The van der Waals surface area contributed by atoms with Gasteiger partial charge >= 0.3 is 0 Å². The van der Waals surface area contributed by atoms with E-state index in [1.165, 1.54) is 10.5 Å². The number of aromatic amines is 1. The average molecular weight is 247 g/mol. The first-order valence-electron chi connectivity index (χ1n) is 5.80. The summed E-state index contributed by atoms with van der Waals surface area (Å²) < 4.78 is 0. The molecule has 2 N–H and O–H groups in total. The summed E-state index contributed by atoms with van der Waals surface area (Å²) in [4.78, 5) is 8.61. The van der Waals surface area contributed by atoms with Crippen LogP contribution in [0.25, 0.3) is 0 Å². The maximum atomic E-state index is 4.24. The lowest BCUT2D eigenvalue weighted by molar-refractivity contribution is 0.590. The monoisotopic (exact) mass is 247 g/mol. The van der Waals surface area contributed by atoms with Gasteiger partial charge in [-0.05, 0) is 25.1 Å². The van der Waals surface area contributed by atoms with Crippen LogP contribution in [-0.4, -0.2) is 16.5 Å². The molecule has 0 spiro atoms. The highest BCUT2D eigenvalue weighted by molar-refractivity contribution is 7.99.